The molecular weight excluding hydrogens is 324 g/mol. The number of imide groups is 1. The number of carbonyl (C=O) groups excluding carboxylic acids is 3. The maximum absolute atomic E-state index is 13.7. The Labute approximate surface area is 125 Å². The van der Waals surface area contributed by atoms with Gasteiger partial charge in [-0.1, -0.05) is 0 Å². The molecule has 0 spiro atoms. The minimum Gasteiger partial charge on any atom is -0.374 e. The second-order valence-corrected chi connectivity index (χ2v) is 5.10. The molecule has 2 aliphatic heterocycles. The zero-order chi connectivity index (χ0) is 17.0. The molecule has 0 aromatic heterocycles. The molecule has 3 amide bonds. The predicted octanol–water partition coefficient (Wildman–Crippen LogP) is 0.436. The van der Waals surface area contributed by atoms with E-state index in [1.54, 1.807) is 0 Å². The fourth-order valence-corrected chi connectivity index (χ4v) is 2.68. The summed E-state index contributed by atoms with van der Waals surface area (Å²) in [5, 5.41) is 11.3. The molecule has 1 aromatic rings. The number of fused-ring (bicyclic) bond motifs is 1. The number of aliphatic hydroxyl groups excluding tert-OH is 1. The molecule has 2 aliphatic rings. The molecule has 23 heavy (non-hydrogen) atoms. The van der Waals surface area contributed by atoms with Crippen LogP contribution in [0.4, 0.5) is 17.6 Å². The SMILES string of the molecule is O=C1NC(O)CCC1N1C(=O)c2c(F)c(F)c(F)c(F)c2C1=O. The minimum atomic E-state index is -2.22. The molecule has 0 bridgehead atoms. The molecule has 0 aliphatic carbocycles. The summed E-state index contributed by atoms with van der Waals surface area (Å²) in [7, 11) is 0. The van der Waals surface area contributed by atoms with E-state index in [9.17, 15) is 37.1 Å². The number of nitrogens with one attached hydrogen (secondary N) is 1. The number of aliphatic hydroxyl groups is 1. The van der Waals surface area contributed by atoms with Crippen LogP contribution in [0.25, 0.3) is 0 Å². The van der Waals surface area contributed by atoms with E-state index in [-0.39, 0.29) is 17.7 Å². The molecule has 1 fully saturated rings. The third kappa shape index (κ3) is 2.01. The predicted molar refractivity (Wildman–Crippen MR) is 63.9 cm³/mol. The summed E-state index contributed by atoms with van der Waals surface area (Å²) in [4.78, 5) is 36.3. The van der Waals surface area contributed by atoms with Crippen molar-refractivity contribution >= 4 is 17.7 Å². The van der Waals surface area contributed by atoms with Crippen molar-refractivity contribution in [1.82, 2.24) is 10.2 Å². The summed E-state index contributed by atoms with van der Waals surface area (Å²) in [6.45, 7) is 0. The topological polar surface area (TPSA) is 86.7 Å². The molecule has 2 N–H and O–H groups in total. The second-order valence-electron chi connectivity index (χ2n) is 5.10. The Balaban J connectivity index is 2.10. The van der Waals surface area contributed by atoms with E-state index in [0.29, 0.717) is 0 Å². The molecule has 0 saturated carbocycles. The first kappa shape index (κ1) is 15.4. The van der Waals surface area contributed by atoms with Gasteiger partial charge in [-0.2, -0.15) is 0 Å². The third-order valence-electron chi connectivity index (χ3n) is 3.77. The van der Waals surface area contributed by atoms with Crippen LogP contribution in [-0.2, 0) is 4.79 Å². The maximum Gasteiger partial charge on any atom is 0.265 e. The van der Waals surface area contributed by atoms with E-state index in [2.05, 4.69) is 5.32 Å². The van der Waals surface area contributed by atoms with E-state index in [1.165, 1.54) is 0 Å². The number of carbonyl (C=O) groups is 3. The second kappa shape index (κ2) is 5.01. The van der Waals surface area contributed by atoms with E-state index in [4.69, 9.17) is 0 Å². The van der Waals surface area contributed by atoms with Gasteiger partial charge in [0.1, 0.15) is 12.3 Å². The third-order valence-corrected chi connectivity index (χ3v) is 3.77. The smallest absolute Gasteiger partial charge is 0.265 e. The van der Waals surface area contributed by atoms with Gasteiger partial charge in [-0.15, -0.1) is 0 Å². The number of halogens is 4. The van der Waals surface area contributed by atoms with Crippen molar-refractivity contribution in [2.45, 2.75) is 25.1 Å². The summed E-state index contributed by atoms with van der Waals surface area (Å²) < 4.78 is 54.0. The van der Waals surface area contributed by atoms with Gasteiger partial charge in [-0.05, 0) is 12.8 Å². The number of nitrogens with zero attached hydrogens (tertiary/aromatic N) is 1. The van der Waals surface area contributed by atoms with E-state index in [0.717, 1.165) is 0 Å². The van der Waals surface area contributed by atoms with Gasteiger partial charge in [-0.25, -0.2) is 17.6 Å². The first-order chi connectivity index (χ1) is 10.8. The van der Waals surface area contributed by atoms with Gasteiger partial charge in [0.05, 0.1) is 11.1 Å². The molecule has 6 nitrogen and oxygen atoms in total. The minimum absolute atomic E-state index is 0.0164. The number of amides is 3. The molecule has 0 radical (unpaired) electrons. The highest BCUT2D eigenvalue weighted by atomic mass is 19.2. The highest BCUT2D eigenvalue weighted by Crippen LogP contribution is 2.33. The van der Waals surface area contributed by atoms with Crippen molar-refractivity contribution in [2.75, 3.05) is 0 Å². The molecule has 1 saturated heterocycles. The van der Waals surface area contributed by atoms with Crippen LogP contribution in [0.3, 0.4) is 0 Å². The molecule has 2 unspecified atom stereocenters. The zero-order valence-corrected chi connectivity index (χ0v) is 11.2. The van der Waals surface area contributed by atoms with Crippen molar-refractivity contribution in [1.29, 1.82) is 0 Å². The Morgan fingerprint density at radius 3 is 1.78 bits per heavy atom. The van der Waals surface area contributed by atoms with Crippen molar-refractivity contribution in [3.63, 3.8) is 0 Å². The Bertz CT molecular complexity index is 720. The normalized spacial score (nSPS) is 24.0. The van der Waals surface area contributed by atoms with Crippen molar-refractivity contribution in [2.24, 2.45) is 0 Å². The quantitative estimate of drug-likeness (QED) is 0.338. The Hall–Kier alpha value is -2.49. The average molecular weight is 332 g/mol. The highest BCUT2D eigenvalue weighted by molar-refractivity contribution is 6.23. The van der Waals surface area contributed by atoms with Gasteiger partial charge in [0.2, 0.25) is 5.91 Å². The molecule has 1 aromatic carbocycles. The number of benzene rings is 1. The summed E-state index contributed by atoms with van der Waals surface area (Å²) in [5.74, 6) is -12.2. The van der Waals surface area contributed by atoms with Crippen LogP contribution in [0.15, 0.2) is 0 Å². The number of piperidine rings is 1. The lowest BCUT2D eigenvalue weighted by Crippen LogP contribution is -2.55. The van der Waals surface area contributed by atoms with Crippen LogP contribution in [-0.4, -0.2) is 40.0 Å². The monoisotopic (exact) mass is 332 g/mol. The maximum atomic E-state index is 13.7. The van der Waals surface area contributed by atoms with Crippen LogP contribution in [0.2, 0.25) is 0 Å². The van der Waals surface area contributed by atoms with Gasteiger partial charge in [0.15, 0.2) is 23.3 Å². The van der Waals surface area contributed by atoms with Crippen molar-refractivity contribution in [3.8, 4) is 0 Å². The first-order valence-electron chi connectivity index (χ1n) is 6.48. The van der Waals surface area contributed by atoms with Crippen LogP contribution in [0.1, 0.15) is 33.6 Å². The molecule has 2 atom stereocenters. The molecular formula is C13H8F4N2O4. The molecule has 3 rings (SSSR count). The van der Waals surface area contributed by atoms with Crippen molar-refractivity contribution < 1.29 is 37.1 Å². The van der Waals surface area contributed by atoms with Crippen molar-refractivity contribution in [3.05, 3.63) is 34.4 Å². The highest BCUT2D eigenvalue weighted by Gasteiger charge is 2.49. The van der Waals surface area contributed by atoms with E-state index < -0.39 is 64.4 Å². The summed E-state index contributed by atoms with van der Waals surface area (Å²) >= 11 is 0. The summed E-state index contributed by atoms with van der Waals surface area (Å²) in [5.41, 5.74) is -2.49. The van der Waals surface area contributed by atoms with Gasteiger partial charge >= 0.3 is 0 Å². The summed E-state index contributed by atoms with van der Waals surface area (Å²) in [6, 6.07) is -1.43. The Morgan fingerprint density at radius 1 is 0.870 bits per heavy atom. The molecule has 2 heterocycles. The summed E-state index contributed by atoms with van der Waals surface area (Å²) in [6.07, 6.45) is -1.36. The van der Waals surface area contributed by atoms with E-state index >= 15 is 0 Å². The van der Waals surface area contributed by atoms with Crippen LogP contribution >= 0.6 is 0 Å². The fraction of sp³-hybridized carbons (Fsp3) is 0.308. The average Bonchev–Trinajstić information content (AvgIpc) is 2.75. The standard InChI is InChI=1S/C13H8F4N2O4/c14-7-5-6(8(15)10(17)9(7)16)13(23)19(12(5)22)3-1-2-4(20)18-11(3)21/h3-4,20H,1-2H2,(H,18,21). The van der Waals surface area contributed by atoms with E-state index in [1.807, 2.05) is 0 Å². The Morgan fingerprint density at radius 2 is 1.35 bits per heavy atom. The van der Waals surface area contributed by atoms with Gasteiger partial charge in [0, 0.05) is 0 Å². The lowest BCUT2D eigenvalue weighted by Gasteiger charge is -2.31. The van der Waals surface area contributed by atoms with Crippen LogP contribution < -0.4 is 5.32 Å². The van der Waals surface area contributed by atoms with Crippen LogP contribution in [0.5, 0.6) is 0 Å². The fourth-order valence-electron chi connectivity index (χ4n) is 2.68. The Kier molecular flexibility index (Phi) is 3.36. The lowest BCUT2D eigenvalue weighted by molar-refractivity contribution is -0.131. The lowest BCUT2D eigenvalue weighted by atomic mass is 10.0. The molecule has 122 valence electrons. The number of hydrogen-bond acceptors (Lipinski definition) is 4. The first-order valence-corrected chi connectivity index (χ1v) is 6.48. The van der Waals surface area contributed by atoms with Gasteiger partial charge in [-0.3, -0.25) is 19.3 Å². The van der Waals surface area contributed by atoms with Gasteiger partial charge < -0.3 is 10.4 Å². The van der Waals surface area contributed by atoms with Crippen LogP contribution in [0, 0.1) is 23.3 Å². The molecule has 10 heteroatoms. The number of hydrogen-bond donors (Lipinski definition) is 2. The zero-order valence-electron chi connectivity index (χ0n) is 11.2. The number of rotatable bonds is 1. The largest absolute Gasteiger partial charge is 0.374 e. The van der Waals surface area contributed by atoms with Gasteiger partial charge in [0.25, 0.3) is 11.8 Å².